The summed E-state index contributed by atoms with van der Waals surface area (Å²) in [4.78, 5) is 10.3. The zero-order valence-corrected chi connectivity index (χ0v) is 31.3. The molecule has 0 radical (unpaired) electrons. The molecule has 2 heterocycles. The van der Waals surface area contributed by atoms with Crippen LogP contribution in [0.15, 0.2) is 170 Å². The summed E-state index contributed by atoms with van der Waals surface area (Å²) >= 11 is 1.93. The molecule has 7 aromatic carbocycles. The highest BCUT2D eigenvalue weighted by molar-refractivity contribution is 7.25. The Morgan fingerprint density at radius 3 is 1.78 bits per heavy atom. The van der Waals surface area contributed by atoms with Gasteiger partial charge in [-0.2, -0.15) is 0 Å². The van der Waals surface area contributed by atoms with Gasteiger partial charge in [-0.25, -0.2) is 9.97 Å². The van der Waals surface area contributed by atoms with E-state index < -0.39 is 0 Å². The minimum Gasteiger partial charge on any atom is -0.228 e. The normalized spacial score (nSPS) is 14.3. The van der Waals surface area contributed by atoms with E-state index in [4.69, 9.17) is 9.97 Å². The van der Waals surface area contributed by atoms with Crippen LogP contribution in [0.2, 0.25) is 0 Å². The monoisotopic (exact) mass is 722 g/mol. The molecular weight excluding hydrogens is 685 g/mol. The van der Waals surface area contributed by atoms with E-state index in [0.29, 0.717) is 0 Å². The van der Waals surface area contributed by atoms with Crippen LogP contribution in [-0.4, -0.2) is 9.97 Å². The van der Waals surface area contributed by atoms with Gasteiger partial charge >= 0.3 is 0 Å². The van der Waals surface area contributed by atoms with Crippen molar-refractivity contribution in [1.82, 2.24) is 9.97 Å². The molecule has 262 valence electrons. The molecule has 0 unspecified atom stereocenters. The van der Waals surface area contributed by atoms with Crippen molar-refractivity contribution in [2.45, 2.75) is 37.5 Å². The summed E-state index contributed by atoms with van der Waals surface area (Å²) in [5.74, 6) is 0.726. The summed E-state index contributed by atoms with van der Waals surface area (Å²) in [6, 6.07) is 61.9. The zero-order chi connectivity index (χ0) is 36.3. The van der Waals surface area contributed by atoms with Gasteiger partial charge in [0.1, 0.15) is 0 Å². The smallest absolute Gasteiger partial charge is 0.160 e. The first kappa shape index (κ1) is 32.3. The van der Waals surface area contributed by atoms with Crippen molar-refractivity contribution in [3.63, 3.8) is 0 Å². The third-order valence-electron chi connectivity index (χ3n) is 12.1. The van der Waals surface area contributed by atoms with E-state index in [1.807, 2.05) is 11.3 Å². The van der Waals surface area contributed by atoms with E-state index >= 15 is 0 Å². The van der Waals surface area contributed by atoms with Gasteiger partial charge in [-0.05, 0) is 93.7 Å². The molecule has 2 nitrogen and oxygen atoms in total. The topological polar surface area (TPSA) is 25.8 Å². The molecule has 55 heavy (non-hydrogen) atoms. The fraction of sp³-hybridized carbons (Fsp3) is 0.115. The molecule has 0 bridgehead atoms. The lowest BCUT2D eigenvalue weighted by molar-refractivity contribution is 0.353. The van der Waals surface area contributed by atoms with Gasteiger partial charge in [0.25, 0.3) is 0 Å². The maximum Gasteiger partial charge on any atom is 0.160 e. The minimum atomic E-state index is 0.0654. The van der Waals surface area contributed by atoms with Crippen LogP contribution >= 0.6 is 11.3 Å². The summed E-state index contributed by atoms with van der Waals surface area (Å²) in [6.45, 7) is 0. The molecule has 11 rings (SSSR count). The van der Waals surface area contributed by atoms with Gasteiger partial charge in [0.2, 0.25) is 0 Å². The molecule has 0 atom stereocenters. The Labute approximate surface area is 325 Å². The summed E-state index contributed by atoms with van der Waals surface area (Å²) in [7, 11) is 0. The molecule has 2 aliphatic rings. The number of fused-ring (bicyclic) bond motifs is 8. The molecule has 1 saturated carbocycles. The van der Waals surface area contributed by atoms with Gasteiger partial charge < -0.3 is 0 Å². The Morgan fingerprint density at radius 2 is 0.982 bits per heavy atom. The maximum atomic E-state index is 5.22. The van der Waals surface area contributed by atoms with Crippen LogP contribution in [0.3, 0.4) is 0 Å². The average Bonchev–Trinajstić information content (AvgIpc) is 3.75. The third-order valence-corrected chi connectivity index (χ3v) is 13.2. The van der Waals surface area contributed by atoms with Crippen LogP contribution in [0.25, 0.3) is 87.5 Å². The average molecular weight is 723 g/mol. The Balaban J connectivity index is 1.01. The quantitative estimate of drug-likeness (QED) is 0.177. The number of benzene rings is 7. The van der Waals surface area contributed by atoms with Crippen LogP contribution in [0.5, 0.6) is 0 Å². The molecule has 0 aliphatic heterocycles. The second-order valence-corrected chi connectivity index (χ2v) is 16.3. The number of hydrogen-bond donors (Lipinski definition) is 0. The van der Waals surface area contributed by atoms with Gasteiger partial charge in [-0.3, -0.25) is 0 Å². The van der Waals surface area contributed by atoms with E-state index in [1.54, 1.807) is 5.56 Å². The molecule has 9 aromatic rings. The van der Waals surface area contributed by atoms with Crippen LogP contribution in [0.4, 0.5) is 0 Å². The first-order chi connectivity index (χ1) is 27.2. The van der Waals surface area contributed by atoms with Crippen molar-refractivity contribution in [2.24, 2.45) is 0 Å². The second kappa shape index (κ2) is 13.0. The number of thiophene rings is 1. The molecule has 0 N–H and O–H groups in total. The van der Waals surface area contributed by atoms with Gasteiger partial charge in [-0.1, -0.05) is 153 Å². The van der Waals surface area contributed by atoms with Gasteiger partial charge in [0.05, 0.1) is 11.4 Å². The lowest BCUT2D eigenvalue weighted by atomic mass is 9.67. The highest BCUT2D eigenvalue weighted by Crippen LogP contribution is 2.58. The highest BCUT2D eigenvalue weighted by atomic mass is 32.1. The molecule has 2 aliphatic carbocycles. The van der Waals surface area contributed by atoms with E-state index in [1.165, 1.54) is 91.2 Å². The first-order valence-corrected chi connectivity index (χ1v) is 20.3. The lowest BCUT2D eigenvalue weighted by Gasteiger charge is -2.36. The number of nitrogens with zero attached hydrogens (tertiary/aromatic N) is 2. The molecule has 1 fully saturated rings. The number of rotatable bonds is 5. The zero-order valence-electron chi connectivity index (χ0n) is 30.5. The Morgan fingerprint density at radius 1 is 0.382 bits per heavy atom. The molecule has 0 saturated heterocycles. The van der Waals surface area contributed by atoms with Crippen molar-refractivity contribution >= 4 is 31.5 Å². The number of hydrogen-bond acceptors (Lipinski definition) is 3. The number of aromatic nitrogens is 2. The molecular formula is C52H38N2S. The Kier molecular flexibility index (Phi) is 7.63. The predicted octanol–water partition coefficient (Wildman–Crippen LogP) is 14.4. The fourth-order valence-electron chi connectivity index (χ4n) is 9.37. The van der Waals surface area contributed by atoms with Gasteiger partial charge in [-0.15, -0.1) is 11.3 Å². The highest BCUT2D eigenvalue weighted by Gasteiger charge is 2.44. The van der Waals surface area contributed by atoms with E-state index in [9.17, 15) is 0 Å². The standard InChI is InChI=1S/C52H38N2S/c1-4-13-34(14-5-1)35-21-23-37(24-22-35)51-53-47(36-15-6-2-7-16-36)33-48(54-51)40-18-12-17-38(29-40)39-25-26-41-43-32-50-44(42-19-8-9-20-49(42)55-50)31-46(43)52(45(41)30-39)27-10-3-11-28-52/h1-2,4-9,12-26,29-33H,3,10-11,27-28H2. The van der Waals surface area contributed by atoms with Gasteiger partial charge in [0, 0.05) is 42.3 Å². The Bertz CT molecular complexity index is 2880. The first-order valence-electron chi connectivity index (χ1n) is 19.5. The third kappa shape index (κ3) is 5.45. The van der Waals surface area contributed by atoms with Crippen LogP contribution in [0.1, 0.15) is 43.2 Å². The summed E-state index contributed by atoms with van der Waals surface area (Å²) in [5.41, 5.74) is 15.8. The SMILES string of the molecule is c1ccc(-c2ccc(-c3nc(-c4ccccc4)cc(-c4cccc(-c5ccc6c(c5)C5(CCCCC5)c5cc7c(cc5-6)sc5ccccc57)c4)n3)cc2)cc1. The van der Waals surface area contributed by atoms with Gasteiger partial charge in [0.15, 0.2) is 5.82 Å². The second-order valence-electron chi connectivity index (χ2n) is 15.2. The van der Waals surface area contributed by atoms with Crippen molar-refractivity contribution < 1.29 is 0 Å². The van der Waals surface area contributed by atoms with Crippen molar-refractivity contribution in [2.75, 3.05) is 0 Å². The maximum absolute atomic E-state index is 5.22. The molecule has 2 aromatic heterocycles. The Hall–Kier alpha value is -6.16. The van der Waals surface area contributed by atoms with E-state index in [-0.39, 0.29) is 5.41 Å². The van der Waals surface area contributed by atoms with E-state index in [0.717, 1.165) is 33.9 Å². The molecule has 0 amide bonds. The minimum absolute atomic E-state index is 0.0654. The molecule has 1 spiro atoms. The fourth-order valence-corrected chi connectivity index (χ4v) is 10.5. The van der Waals surface area contributed by atoms with Crippen molar-refractivity contribution in [3.05, 3.63) is 181 Å². The molecule has 3 heteroatoms. The lowest BCUT2D eigenvalue weighted by Crippen LogP contribution is -2.28. The van der Waals surface area contributed by atoms with Crippen molar-refractivity contribution in [1.29, 1.82) is 0 Å². The summed E-state index contributed by atoms with van der Waals surface area (Å²) < 4.78 is 2.77. The summed E-state index contributed by atoms with van der Waals surface area (Å²) in [5, 5.41) is 2.80. The van der Waals surface area contributed by atoms with Crippen LogP contribution in [-0.2, 0) is 5.41 Å². The van der Waals surface area contributed by atoms with E-state index in [2.05, 4.69) is 170 Å². The van der Waals surface area contributed by atoms with Crippen molar-refractivity contribution in [3.8, 4) is 67.3 Å². The summed E-state index contributed by atoms with van der Waals surface area (Å²) in [6.07, 6.45) is 6.29. The van der Waals surface area contributed by atoms with Crippen LogP contribution < -0.4 is 0 Å². The van der Waals surface area contributed by atoms with Crippen LogP contribution in [0, 0.1) is 0 Å². The predicted molar refractivity (Wildman–Crippen MR) is 231 cm³/mol. The largest absolute Gasteiger partial charge is 0.228 e.